The Balaban J connectivity index is 1.85. The molecule has 0 spiro atoms. The van der Waals surface area contributed by atoms with Gasteiger partial charge >= 0.3 is 12.0 Å². The van der Waals surface area contributed by atoms with Crippen molar-refractivity contribution < 1.29 is 23.1 Å². The van der Waals surface area contributed by atoms with Crippen LogP contribution in [-0.2, 0) is 14.8 Å². The second-order valence-electron chi connectivity index (χ2n) is 6.27. The number of carboxylic acid groups (broad SMARTS) is 1. The summed E-state index contributed by atoms with van der Waals surface area (Å²) in [6, 6.07) is 2.85. The van der Waals surface area contributed by atoms with E-state index in [0.29, 0.717) is 13.0 Å². The van der Waals surface area contributed by atoms with E-state index in [1.54, 1.807) is 11.4 Å². The maximum atomic E-state index is 12.3. The van der Waals surface area contributed by atoms with E-state index in [1.807, 2.05) is 6.92 Å². The number of piperidine rings is 1. The highest BCUT2D eigenvalue weighted by atomic mass is 32.2. The molecule has 1 aliphatic heterocycles. The standard InChI is InChI=1S/C15H23N3O5S2/c1-11-8-12(14(19)20)10-18(9-11)15(21)16-5-6-17(2)25(22,23)13-4-3-7-24-13/h3-4,7,11-12H,5-6,8-10H2,1-2H3,(H,16,21)(H,19,20). The highest BCUT2D eigenvalue weighted by molar-refractivity contribution is 7.91. The van der Waals surface area contributed by atoms with Crippen molar-refractivity contribution in [3.63, 3.8) is 0 Å². The molecule has 0 aromatic carbocycles. The lowest BCUT2D eigenvalue weighted by Gasteiger charge is -2.34. The number of carbonyl (C=O) groups excluding carboxylic acids is 1. The van der Waals surface area contributed by atoms with Crippen molar-refractivity contribution in [2.75, 3.05) is 33.2 Å². The molecule has 2 rings (SSSR count). The van der Waals surface area contributed by atoms with E-state index in [1.165, 1.54) is 22.3 Å². The van der Waals surface area contributed by atoms with Gasteiger partial charge in [-0.2, -0.15) is 4.31 Å². The van der Waals surface area contributed by atoms with Gasteiger partial charge in [0.05, 0.1) is 5.92 Å². The number of hydrogen-bond acceptors (Lipinski definition) is 5. The van der Waals surface area contributed by atoms with Gasteiger partial charge < -0.3 is 15.3 Å². The van der Waals surface area contributed by atoms with Crippen molar-refractivity contribution in [3.8, 4) is 0 Å². The molecular weight excluding hydrogens is 366 g/mol. The van der Waals surface area contributed by atoms with Crippen molar-refractivity contribution >= 4 is 33.4 Å². The zero-order valence-electron chi connectivity index (χ0n) is 14.2. The molecule has 1 saturated heterocycles. The van der Waals surface area contributed by atoms with Crippen molar-refractivity contribution in [2.24, 2.45) is 11.8 Å². The number of urea groups is 1. The van der Waals surface area contributed by atoms with E-state index in [4.69, 9.17) is 5.11 Å². The molecule has 10 heteroatoms. The molecule has 2 unspecified atom stereocenters. The molecule has 140 valence electrons. The van der Waals surface area contributed by atoms with Crippen molar-refractivity contribution in [3.05, 3.63) is 17.5 Å². The quantitative estimate of drug-likeness (QED) is 0.758. The molecule has 2 atom stereocenters. The predicted molar refractivity (Wildman–Crippen MR) is 94.0 cm³/mol. The van der Waals surface area contributed by atoms with Gasteiger partial charge in [-0.05, 0) is 23.8 Å². The average Bonchev–Trinajstić information content (AvgIpc) is 3.09. The van der Waals surface area contributed by atoms with Gasteiger partial charge in [0.15, 0.2) is 0 Å². The van der Waals surface area contributed by atoms with Crippen LogP contribution in [0.5, 0.6) is 0 Å². The fourth-order valence-electron chi connectivity index (χ4n) is 2.81. The summed E-state index contributed by atoms with van der Waals surface area (Å²) in [6.45, 7) is 2.88. The maximum Gasteiger partial charge on any atom is 0.317 e. The number of nitrogens with zero attached hydrogens (tertiary/aromatic N) is 2. The fraction of sp³-hybridized carbons (Fsp3) is 0.600. The Hall–Kier alpha value is -1.65. The van der Waals surface area contributed by atoms with Crippen LogP contribution >= 0.6 is 11.3 Å². The normalized spacial score (nSPS) is 21.3. The van der Waals surface area contributed by atoms with Crippen LogP contribution in [0.2, 0.25) is 0 Å². The van der Waals surface area contributed by atoms with E-state index in [2.05, 4.69) is 5.32 Å². The topological polar surface area (TPSA) is 107 Å². The smallest absolute Gasteiger partial charge is 0.317 e. The molecule has 1 aliphatic rings. The van der Waals surface area contributed by atoms with Gasteiger partial charge in [-0.25, -0.2) is 13.2 Å². The molecule has 1 fully saturated rings. The lowest BCUT2D eigenvalue weighted by molar-refractivity contribution is -0.143. The van der Waals surface area contributed by atoms with Crippen LogP contribution in [0, 0.1) is 11.8 Å². The van der Waals surface area contributed by atoms with Gasteiger partial charge in [0.2, 0.25) is 0 Å². The van der Waals surface area contributed by atoms with E-state index >= 15 is 0 Å². The first-order valence-corrected chi connectivity index (χ1v) is 10.3. The second-order valence-corrected chi connectivity index (χ2v) is 9.49. The minimum Gasteiger partial charge on any atom is -0.481 e. The lowest BCUT2D eigenvalue weighted by atomic mass is 9.91. The summed E-state index contributed by atoms with van der Waals surface area (Å²) in [5, 5.41) is 13.5. The number of nitrogens with one attached hydrogen (secondary N) is 1. The van der Waals surface area contributed by atoms with E-state index in [9.17, 15) is 18.0 Å². The van der Waals surface area contributed by atoms with E-state index in [-0.39, 0.29) is 35.8 Å². The summed E-state index contributed by atoms with van der Waals surface area (Å²) in [7, 11) is -2.08. The van der Waals surface area contributed by atoms with Gasteiger partial charge in [-0.3, -0.25) is 4.79 Å². The molecule has 2 heterocycles. The molecule has 2 N–H and O–H groups in total. The number of thiophene rings is 1. The molecule has 1 aromatic rings. The monoisotopic (exact) mass is 389 g/mol. The van der Waals surface area contributed by atoms with Crippen molar-refractivity contribution in [2.45, 2.75) is 17.6 Å². The zero-order chi connectivity index (χ0) is 18.6. The molecule has 1 aromatic heterocycles. The number of likely N-dealkylation sites (N-methyl/N-ethyl adjacent to an activating group) is 1. The summed E-state index contributed by atoms with van der Waals surface area (Å²) in [4.78, 5) is 24.9. The molecule has 0 aliphatic carbocycles. The number of hydrogen-bond donors (Lipinski definition) is 2. The van der Waals surface area contributed by atoms with Crippen LogP contribution in [0.4, 0.5) is 4.79 Å². The number of aliphatic carboxylic acids is 1. The summed E-state index contributed by atoms with van der Waals surface area (Å²) >= 11 is 1.14. The molecule has 0 saturated carbocycles. The number of rotatable bonds is 6. The SMILES string of the molecule is CC1CC(C(=O)O)CN(C(=O)NCCN(C)S(=O)(=O)c2cccs2)C1. The van der Waals surface area contributed by atoms with Crippen LogP contribution in [0.1, 0.15) is 13.3 Å². The highest BCUT2D eigenvalue weighted by Crippen LogP contribution is 2.22. The first-order valence-electron chi connectivity index (χ1n) is 7.97. The molecule has 0 bridgehead atoms. The van der Waals surface area contributed by atoms with Gasteiger partial charge in [0.25, 0.3) is 10.0 Å². The number of carboxylic acids is 1. The number of carbonyl (C=O) groups is 2. The van der Waals surface area contributed by atoms with Crippen molar-refractivity contribution in [1.82, 2.24) is 14.5 Å². The third-order valence-corrected chi connectivity index (χ3v) is 7.39. The second kappa shape index (κ2) is 8.15. The summed E-state index contributed by atoms with van der Waals surface area (Å²) < 4.78 is 26.0. The fourth-order valence-corrected chi connectivity index (χ4v) is 5.18. The third-order valence-electron chi connectivity index (χ3n) is 4.16. The Labute approximate surface area is 151 Å². The molecule has 8 nitrogen and oxygen atoms in total. The van der Waals surface area contributed by atoms with Gasteiger partial charge in [-0.15, -0.1) is 11.3 Å². The van der Waals surface area contributed by atoms with Gasteiger partial charge in [0.1, 0.15) is 4.21 Å². The van der Waals surface area contributed by atoms with E-state index in [0.717, 1.165) is 11.3 Å². The third kappa shape index (κ3) is 4.93. The Morgan fingerprint density at radius 1 is 1.44 bits per heavy atom. The van der Waals surface area contributed by atoms with Crippen LogP contribution in [-0.4, -0.2) is 68.0 Å². The summed E-state index contributed by atoms with van der Waals surface area (Å²) in [5.74, 6) is -1.34. The average molecular weight is 389 g/mol. The van der Waals surface area contributed by atoms with Crippen LogP contribution < -0.4 is 5.32 Å². The Bertz CT molecular complexity index is 705. The Kier molecular flexibility index (Phi) is 6.42. The van der Waals surface area contributed by atoms with Crippen molar-refractivity contribution in [1.29, 1.82) is 0 Å². The molecular formula is C15H23N3O5S2. The Morgan fingerprint density at radius 3 is 2.76 bits per heavy atom. The number of likely N-dealkylation sites (tertiary alicyclic amines) is 1. The maximum absolute atomic E-state index is 12.3. The van der Waals surface area contributed by atoms with Crippen LogP contribution in [0.15, 0.2) is 21.7 Å². The van der Waals surface area contributed by atoms with Gasteiger partial charge in [-0.1, -0.05) is 13.0 Å². The predicted octanol–water partition coefficient (Wildman–Crippen LogP) is 1.12. The summed E-state index contributed by atoms with van der Waals surface area (Å²) in [6.07, 6.45) is 0.556. The van der Waals surface area contributed by atoms with Crippen LogP contribution in [0.25, 0.3) is 0 Å². The Morgan fingerprint density at radius 2 is 2.16 bits per heavy atom. The lowest BCUT2D eigenvalue weighted by Crippen LogP contribution is -2.50. The molecule has 25 heavy (non-hydrogen) atoms. The number of sulfonamides is 1. The number of amides is 2. The molecule has 0 radical (unpaired) electrons. The van der Waals surface area contributed by atoms with Gasteiger partial charge in [0, 0.05) is 33.2 Å². The minimum absolute atomic E-state index is 0.113. The zero-order valence-corrected chi connectivity index (χ0v) is 15.8. The van der Waals surface area contributed by atoms with Crippen LogP contribution in [0.3, 0.4) is 0 Å². The minimum atomic E-state index is -3.54. The highest BCUT2D eigenvalue weighted by Gasteiger charge is 2.32. The first-order chi connectivity index (χ1) is 11.7. The van der Waals surface area contributed by atoms with E-state index < -0.39 is 21.9 Å². The summed E-state index contributed by atoms with van der Waals surface area (Å²) in [5.41, 5.74) is 0. The largest absolute Gasteiger partial charge is 0.481 e. The molecule has 2 amide bonds. The first kappa shape index (κ1) is 19.7.